The number of aromatic amines is 1. The zero-order chi connectivity index (χ0) is 16.4. The summed E-state index contributed by atoms with van der Waals surface area (Å²) in [6.07, 6.45) is 7.82. The number of hydrogen-bond acceptors (Lipinski definition) is 2. The maximum Gasteiger partial charge on any atom is 0.0650 e. The first kappa shape index (κ1) is 15.0. The smallest absolute Gasteiger partial charge is 0.0650 e. The van der Waals surface area contributed by atoms with E-state index in [1.165, 1.54) is 48.3 Å². The lowest BCUT2D eigenvalue weighted by atomic mass is 9.99. The largest absolute Gasteiger partial charge is 0.372 e. The minimum Gasteiger partial charge on any atom is -0.372 e. The van der Waals surface area contributed by atoms with Crippen molar-refractivity contribution < 1.29 is 0 Å². The van der Waals surface area contributed by atoms with E-state index in [-0.39, 0.29) is 0 Å². The Kier molecular flexibility index (Phi) is 4.08. The van der Waals surface area contributed by atoms with Crippen LogP contribution in [-0.4, -0.2) is 23.3 Å². The molecule has 0 saturated carbocycles. The molecule has 0 atom stereocenters. The average Bonchev–Trinajstić information content (AvgIpc) is 3.30. The van der Waals surface area contributed by atoms with Gasteiger partial charge in [0, 0.05) is 24.2 Å². The fourth-order valence-electron chi connectivity index (χ4n) is 3.52. The van der Waals surface area contributed by atoms with Crippen LogP contribution in [0.15, 0.2) is 48.7 Å². The zero-order valence-corrected chi connectivity index (χ0v) is 14.1. The normalized spacial score (nSPS) is 15.4. The zero-order valence-electron chi connectivity index (χ0n) is 14.1. The molecule has 0 unspecified atom stereocenters. The monoisotopic (exact) mass is 317 g/mol. The number of nitrogens with one attached hydrogen (secondary N) is 1. The van der Waals surface area contributed by atoms with Gasteiger partial charge in [0.1, 0.15) is 0 Å². The van der Waals surface area contributed by atoms with Gasteiger partial charge in [0.15, 0.2) is 0 Å². The number of allylic oxidation sites excluding steroid dienone is 1. The second kappa shape index (κ2) is 6.52. The van der Waals surface area contributed by atoms with Crippen LogP contribution in [0.2, 0.25) is 0 Å². The molecular formula is C21H23N3. The molecule has 3 heteroatoms. The highest BCUT2D eigenvalue weighted by molar-refractivity contribution is 5.87. The lowest BCUT2D eigenvalue weighted by Gasteiger charge is -2.19. The molecular weight excluding hydrogens is 294 g/mol. The van der Waals surface area contributed by atoms with Crippen molar-refractivity contribution >= 4 is 28.2 Å². The first-order chi connectivity index (χ1) is 11.8. The highest BCUT2D eigenvalue weighted by Crippen LogP contribution is 2.28. The van der Waals surface area contributed by atoms with E-state index in [4.69, 9.17) is 0 Å². The van der Waals surface area contributed by atoms with Gasteiger partial charge >= 0.3 is 0 Å². The van der Waals surface area contributed by atoms with Crippen molar-refractivity contribution in [1.82, 2.24) is 10.2 Å². The molecule has 2 aromatic carbocycles. The summed E-state index contributed by atoms with van der Waals surface area (Å²) >= 11 is 0. The lowest BCUT2D eigenvalue weighted by Crippen LogP contribution is -2.17. The Hall–Kier alpha value is -2.55. The number of hydrogen-bond donors (Lipinski definition) is 1. The van der Waals surface area contributed by atoms with Crippen LogP contribution < -0.4 is 4.90 Å². The Balaban J connectivity index is 1.68. The van der Waals surface area contributed by atoms with E-state index in [0.717, 1.165) is 17.3 Å². The second-order valence-electron chi connectivity index (χ2n) is 6.48. The first-order valence-electron chi connectivity index (χ1n) is 8.82. The number of fused-ring (bicyclic) bond motifs is 1. The van der Waals surface area contributed by atoms with Crippen LogP contribution in [-0.2, 0) is 0 Å². The Bertz CT molecular complexity index is 869. The van der Waals surface area contributed by atoms with Gasteiger partial charge in [0.25, 0.3) is 0 Å². The molecule has 4 rings (SSSR count). The molecule has 1 aliphatic rings. The molecule has 1 aromatic heterocycles. The van der Waals surface area contributed by atoms with Gasteiger partial charge < -0.3 is 4.90 Å². The number of rotatable bonds is 4. The Labute approximate surface area is 143 Å². The molecule has 0 amide bonds. The second-order valence-corrected chi connectivity index (χ2v) is 6.48. The van der Waals surface area contributed by atoms with Crippen molar-refractivity contribution in [3.63, 3.8) is 0 Å². The fraction of sp³-hybridized carbons (Fsp3) is 0.286. The van der Waals surface area contributed by atoms with Crippen LogP contribution in [0.4, 0.5) is 5.69 Å². The molecule has 0 radical (unpaired) electrons. The van der Waals surface area contributed by atoms with Crippen molar-refractivity contribution in [3.05, 3.63) is 59.8 Å². The van der Waals surface area contributed by atoms with E-state index < -0.39 is 0 Å². The number of nitrogens with zero attached hydrogens (tertiary/aromatic N) is 2. The average molecular weight is 317 g/mol. The van der Waals surface area contributed by atoms with Gasteiger partial charge in [-0.25, -0.2) is 0 Å². The third kappa shape index (κ3) is 2.94. The summed E-state index contributed by atoms with van der Waals surface area (Å²) < 4.78 is 0. The van der Waals surface area contributed by atoms with E-state index in [2.05, 4.69) is 70.6 Å². The van der Waals surface area contributed by atoms with Gasteiger partial charge in [-0.3, -0.25) is 5.10 Å². The summed E-state index contributed by atoms with van der Waals surface area (Å²) in [7, 11) is 0. The molecule has 2 heterocycles. The van der Waals surface area contributed by atoms with E-state index in [1.54, 1.807) is 0 Å². The summed E-state index contributed by atoms with van der Waals surface area (Å²) in [6.45, 7) is 4.60. The summed E-state index contributed by atoms with van der Waals surface area (Å²) in [4.78, 5) is 2.49. The predicted molar refractivity (Wildman–Crippen MR) is 102 cm³/mol. The molecule has 0 aliphatic carbocycles. The van der Waals surface area contributed by atoms with Gasteiger partial charge in [-0.05, 0) is 60.2 Å². The van der Waals surface area contributed by atoms with E-state index >= 15 is 0 Å². The maximum atomic E-state index is 4.10. The van der Waals surface area contributed by atoms with Gasteiger partial charge in [-0.2, -0.15) is 5.10 Å². The molecule has 1 N–H and O–H groups in total. The standard InChI is InChI=1S/C21H23N3/c1-2-17(12-16-8-9-21-19(13-16)15-22-23-21)18-6-5-7-20(14-18)24-10-3-4-11-24/h5-9,12-15H,2-4,10-11H2,1H3,(H,22,23)/b17-12+. The minimum atomic E-state index is 1.02. The van der Waals surface area contributed by atoms with Crippen LogP contribution in [0.25, 0.3) is 22.6 Å². The molecule has 0 spiro atoms. The first-order valence-corrected chi connectivity index (χ1v) is 8.82. The predicted octanol–water partition coefficient (Wildman–Crippen LogP) is 5.11. The minimum absolute atomic E-state index is 1.02. The van der Waals surface area contributed by atoms with Crippen LogP contribution in [0.1, 0.15) is 37.3 Å². The molecule has 122 valence electrons. The van der Waals surface area contributed by atoms with Gasteiger partial charge in [-0.15, -0.1) is 0 Å². The number of anilines is 1. The van der Waals surface area contributed by atoms with Crippen LogP contribution in [0.5, 0.6) is 0 Å². The summed E-state index contributed by atoms with van der Waals surface area (Å²) in [5.41, 5.74) is 6.37. The van der Waals surface area contributed by atoms with Gasteiger partial charge in [0.05, 0.1) is 11.7 Å². The molecule has 0 bridgehead atoms. The van der Waals surface area contributed by atoms with Crippen LogP contribution >= 0.6 is 0 Å². The third-order valence-electron chi connectivity index (χ3n) is 4.87. The molecule has 1 saturated heterocycles. The number of aromatic nitrogens is 2. The quantitative estimate of drug-likeness (QED) is 0.678. The van der Waals surface area contributed by atoms with E-state index in [9.17, 15) is 0 Å². The van der Waals surface area contributed by atoms with Crippen molar-refractivity contribution in [2.75, 3.05) is 18.0 Å². The fourth-order valence-corrected chi connectivity index (χ4v) is 3.52. The highest BCUT2D eigenvalue weighted by Gasteiger charge is 2.13. The van der Waals surface area contributed by atoms with E-state index in [1.807, 2.05) is 6.20 Å². The Morgan fingerprint density at radius 2 is 2.04 bits per heavy atom. The van der Waals surface area contributed by atoms with E-state index in [0.29, 0.717) is 0 Å². The van der Waals surface area contributed by atoms with Gasteiger partial charge in [-0.1, -0.05) is 31.2 Å². The SMILES string of the molecule is CC/C(=C\c1ccc2[nH]ncc2c1)c1cccc(N2CCCC2)c1. The topological polar surface area (TPSA) is 31.9 Å². The number of H-pyrrole nitrogens is 1. The summed E-state index contributed by atoms with van der Waals surface area (Å²) in [6, 6.07) is 15.4. The summed E-state index contributed by atoms with van der Waals surface area (Å²) in [5.74, 6) is 0. The summed E-state index contributed by atoms with van der Waals surface area (Å²) in [5, 5.41) is 8.27. The van der Waals surface area contributed by atoms with Crippen molar-refractivity contribution in [2.24, 2.45) is 0 Å². The van der Waals surface area contributed by atoms with Crippen molar-refractivity contribution in [2.45, 2.75) is 26.2 Å². The number of benzene rings is 2. The van der Waals surface area contributed by atoms with Crippen molar-refractivity contribution in [3.8, 4) is 0 Å². The van der Waals surface area contributed by atoms with Gasteiger partial charge in [0.2, 0.25) is 0 Å². The molecule has 1 aliphatic heterocycles. The van der Waals surface area contributed by atoms with Crippen molar-refractivity contribution in [1.29, 1.82) is 0 Å². The third-order valence-corrected chi connectivity index (χ3v) is 4.87. The molecule has 3 nitrogen and oxygen atoms in total. The Morgan fingerprint density at radius 3 is 2.88 bits per heavy atom. The molecule has 3 aromatic rings. The maximum absolute atomic E-state index is 4.10. The van der Waals surface area contributed by atoms with Crippen LogP contribution in [0, 0.1) is 0 Å². The lowest BCUT2D eigenvalue weighted by molar-refractivity contribution is 0.949. The Morgan fingerprint density at radius 1 is 1.17 bits per heavy atom. The highest BCUT2D eigenvalue weighted by atomic mass is 15.1. The molecule has 1 fully saturated rings. The molecule has 24 heavy (non-hydrogen) atoms. The van der Waals surface area contributed by atoms with Crippen LogP contribution in [0.3, 0.4) is 0 Å².